The minimum absolute atomic E-state index is 0.248. The molecular weight excluding hydrogens is 374 g/mol. The monoisotopic (exact) mass is 397 g/mol. The third-order valence-corrected chi connectivity index (χ3v) is 7.10. The summed E-state index contributed by atoms with van der Waals surface area (Å²) in [5.74, 6) is 0. The van der Waals surface area contributed by atoms with E-state index >= 15 is 0 Å². The fourth-order valence-electron chi connectivity index (χ4n) is 1.42. The first-order chi connectivity index (χ1) is 9.60. The highest BCUT2D eigenvalue weighted by Crippen LogP contribution is 2.31. The quantitative estimate of drug-likeness (QED) is 0.705. The molecule has 0 radical (unpaired) electrons. The molecule has 0 amide bonds. The van der Waals surface area contributed by atoms with Crippen LogP contribution in [0.2, 0.25) is 0 Å². The zero-order valence-electron chi connectivity index (χ0n) is 13.2. The van der Waals surface area contributed by atoms with Crippen LogP contribution in [-0.4, -0.2) is 46.0 Å². The maximum atomic E-state index is 12.4. The summed E-state index contributed by atoms with van der Waals surface area (Å²) >= 11 is 4.80. The molecule has 1 rings (SSSR count). The van der Waals surface area contributed by atoms with Gasteiger partial charge in [-0.05, 0) is 56.5 Å². The van der Waals surface area contributed by atoms with Crippen LogP contribution in [0.15, 0.2) is 14.7 Å². The predicted octanol–water partition coefficient (Wildman–Crippen LogP) is 2.24. The molecule has 0 bridgehead atoms. The molecule has 0 saturated carbocycles. The summed E-state index contributed by atoms with van der Waals surface area (Å²) in [5.41, 5.74) is -0.248. The lowest BCUT2D eigenvalue weighted by Gasteiger charge is -2.32. The van der Waals surface area contributed by atoms with Crippen molar-refractivity contribution < 1.29 is 8.42 Å². The maximum absolute atomic E-state index is 12.4. The molecule has 1 aromatic rings. The van der Waals surface area contributed by atoms with Gasteiger partial charge in [-0.3, -0.25) is 0 Å². The Labute approximate surface area is 140 Å². The van der Waals surface area contributed by atoms with Gasteiger partial charge in [-0.25, -0.2) is 13.1 Å². The molecule has 0 aliphatic heterocycles. The van der Waals surface area contributed by atoms with Gasteiger partial charge < -0.3 is 10.2 Å². The summed E-state index contributed by atoms with van der Waals surface area (Å²) in [5, 5.41) is 3.20. The Balaban J connectivity index is 2.86. The summed E-state index contributed by atoms with van der Waals surface area (Å²) in [6.07, 6.45) is 0. The van der Waals surface area contributed by atoms with E-state index in [1.54, 1.807) is 6.07 Å². The van der Waals surface area contributed by atoms with Gasteiger partial charge in [0.2, 0.25) is 10.0 Å². The summed E-state index contributed by atoms with van der Waals surface area (Å²) in [4.78, 5) is 3.31. The number of sulfonamides is 1. The molecule has 0 saturated heterocycles. The van der Waals surface area contributed by atoms with Crippen molar-refractivity contribution in [1.82, 2.24) is 14.9 Å². The van der Waals surface area contributed by atoms with Gasteiger partial charge in [0.25, 0.3) is 0 Å². The van der Waals surface area contributed by atoms with Gasteiger partial charge in [-0.15, -0.1) is 11.3 Å². The molecule has 0 atom stereocenters. The summed E-state index contributed by atoms with van der Waals surface area (Å²) in [6.45, 7) is 7.90. The van der Waals surface area contributed by atoms with E-state index in [0.29, 0.717) is 21.8 Å². The Morgan fingerprint density at radius 1 is 1.38 bits per heavy atom. The zero-order valence-corrected chi connectivity index (χ0v) is 16.4. The van der Waals surface area contributed by atoms with E-state index in [9.17, 15) is 8.42 Å². The number of rotatable bonds is 8. The molecule has 1 heterocycles. The second-order valence-electron chi connectivity index (χ2n) is 5.66. The van der Waals surface area contributed by atoms with Crippen LogP contribution in [0.5, 0.6) is 0 Å². The Bertz CT molecular complexity index is 568. The second kappa shape index (κ2) is 7.52. The number of nitrogens with one attached hydrogen (secondary N) is 2. The predicted molar refractivity (Wildman–Crippen MR) is 92.4 cm³/mol. The van der Waals surface area contributed by atoms with E-state index in [-0.39, 0.29) is 5.54 Å². The molecule has 1 aromatic heterocycles. The van der Waals surface area contributed by atoms with Crippen molar-refractivity contribution in [3.05, 3.63) is 14.7 Å². The highest BCUT2D eigenvalue weighted by molar-refractivity contribution is 9.11. The van der Waals surface area contributed by atoms with Crippen molar-refractivity contribution in [3.63, 3.8) is 0 Å². The van der Waals surface area contributed by atoms with E-state index in [0.717, 1.165) is 11.4 Å². The van der Waals surface area contributed by atoms with Crippen LogP contribution in [0, 0.1) is 0 Å². The highest BCUT2D eigenvalue weighted by atomic mass is 79.9. The molecule has 5 nitrogen and oxygen atoms in total. The smallest absolute Gasteiger partial charge is 0.242 e. The van der Waals surface area contributed by atoms with Gasteiger partial charge in [0.05, 0.1) is 3.79 Å². The molecule has 8 heteroatoms. The van der Waals surface area contributed by atoms with Gasteiger partial charge in [0.1, 0.15) is 4.90 Å². The molecule has 0 aliphatic rings. The molecule has 0 unspecified atom stereocenters. The van der Waals surface area contributed by atoms with Gasteiger partial charge in [-0.1, -0.05) is 6.92 Å². The van der Waals surface area contributed by atoms with Crippen molar-refractivity contribution in [3.8, 4) is 0 Å². The molecule has 122 valence electrons. The lowest BCUT2D eigenvalue weighted by atomic mass is 10.1. The minimum Gasteiger partial charge on any atom is -0.312 e. The van der Waals surface area contributed by atoms with E-state index < -0.39 is 10.0 Å². The van der Waals surface area contributed by atoms with Crippen molar-refractivity contribution >= 4 is 37.3 Å². The van der Waals surface area contributed by atoms with Crippen molar-refractivity contribution in [2.45, 2.75) is 37.8 Å². The Kier molecular flexibility index (Phi) is 6.82. The van der Waals surface area contributed by atoms with Crippen LogP contribution in [0.25, 0.3) is 0 Å². The first kappa shape index (κ1) is 19.1. The van der Waals surface area contributed by atoms with Crippen LogP contribution in [0.4, 0.5) is 0 Å². The normalized spacial score (nSPS) is 13.1. The number of likely N-dealkylation sites (N-methyl/N-ethyl adjacent to an activating group) is 1. The Hall–Kier alpha value is 0.01000. The summed E-state index contributed by atoms with van der Waals surface area (Å²) in [7, 11) is 0.365. The fourth-order valence-corrected chi connectivity index (χ4v) is 5.28. The SMILES string of the molecule is CCNCc1cc(S(=O)(=O)NCC(C)(C)N(C)C)c(Br)s1. The van der Waals surface area contributed by atoms with Crippen molar-refractivity contribution in [2.24, 2.45) is 0 Å². The molecule has 0 aromatic carbocycles. The van der Waals surface area contributed by atoms with Crippen molar-refractivity contribution in [1.29, 1.82) is 0 Å². The number of hydrogen-bond acceptors (Lipinski definition) is 5. The Morgan fingerprint density at radius 2 is 2.00 bits per heavy atom. The van der Waals surface area contributed by atoms with Gasteiger partial charge >= 0.3 is 0 Å². The number of nitrogens with zero attached hydrogens (tertiary/aromatic N) is 1. The third-order valence-electron chi connectivity index (χ3n) is 3.45. The molecule has 0 spiro atoms. The van der Waals surface area contributed by atoms with Crippen LogP contribution in [-0.2, 0) is 16.6 Å². The first-order valence-corrected chi connectivity index (χ1v) is 9.85. The largest absolute Gasteiger partial charge is 0.312 e. The van der Waals surface area contributed by atoms with E-state index in [4.69, 9.17) is 0 Å². The lowest BCUT2D eigenvalue weighted by Crippen LogP contribution is -2.48. The van der Waals surface area contributed by atoms with Gasteiger partial charge in [0.15, 0.2) is 0 Å². The fraction of sp³-hybridized carbons (Fsp3) is 0.692. The topological polar surface area (TPSA) is 61.4 Å². The average molecular weight is 398 g/mol. The van der Waals surface area contributed by atoms with Crippen LogP contribution >= 0.6 is 27.3 Å². The van der Waals surface area contributed by atoms with E-state index in [1.165, 1.54) is 11.3 Å². The minimum atomic E-state index is -3.50. The van der Waals surface area contributed by atoms with Crippen molar-refractivity contribution in [2.75, 3.05) is 27.2 Å². The lowest BCUT2D eigenvalue weighted by molar-refractivity contribution is 0.199. The zero-order chi connectivity index (χ0) is 16.3. The Morgan fingerprint density at radius 3 is 2.52 bits per heavy atom. The highest BCUT2D eigenvalue weighted by Gasteiger charge is 2.26. The van der Waals surface area contributed by atoms with Crippen LogP contribution < -0.4 is 10.0 Å². The summed E-state index contributed by atoms with van der Waals surface area (Å²) in [6, 6.07) is 1.72. The molecule has 21 heavy (non-hydrogen) atoms. The second-order valence-corrected chi connectivity index (χ2v) is 9.85. The van der Waals surface area contributed by atoms with Gasteiger partial charge in [0, 0.05) is 23.5 Å². The van der Waals surface area contributed by atoms with Crippen LogP contribution in [0.3, 0.4) is 0 Å². The third kappa shape index (κ3) is 5.30. The van der Waals surface area contributed by atoms with E-state index in [1.807, 2.05) is 39.8 Å². The standard InChI is InChI=1S/C13H24BrN3O2S2/c1-6-15-8-10-7-11(12(14)20-10)21(18,19)16-9-13(2,3)17(4)5/h7,15-16H,6,8-9H2,1-5H3. The molecule has 0 fully saturated rings. The maximum Gasteiger partial charge on any atom is 0.242 e. The average Bonchev–Trinajstić information content (AvgIpc) is 2.76. The molecular formula is C13H24BrN3O2S2. The summed E-state index contributed by atoms with van der Waals surface area (Å²) < 4.78 is 28.2. The first-order valence-electron chi connectivity index (χ1n) is 6.76. The van der Waals surface area contributed by atoms with Gasteiger partial charge in [-0.2, -0.15) is 0 Å². The number of halogens is 1. The van der Waals surface area contributed by atoms with E-state index in [2.05, 4.69) is 26.0 Å². The number of hydrogen-bond donors (Lipinski definition) is 2. The van der Waals surface area contributed by atoms with Crippen LogP contribution in [0.1, 0.15) is 25.6 Å². The molecule has 0 aliphatic carbocycles. The number of thiophene rings is 1. The molecule has 2 N–H and O–H groups in total.